The number of halogens is 1. The molecule has 5 rings (SSSR count). The van der Waals surface area contributed by atoms with Gasteiger partial charge in [0, 0.05) is 51.2 Å². The molecule has 8 nitrogen and oxygen atoms in total. The fraction of sp³-hybridized carbons (Fsp3) is 0.360. The average Bonchev–Trinajstić information content (AvgIpc) is 3.30. The number of nitrogens with two attached hydrogens (primary N) is 1. The van der Waals surface area contributed by atoms with E-state index in [1.165, 1.54) is 5.56 Å². The maximum atomic E-state index is 5.91. The van der Waals surface area contributed by atoms with Crippen molar-refractivity contribution in [3.05, 3.63) is 72.6 Å². The highest BCUT2D eigenvalue weighted by Crippen LogP contribution is 2.26. The van der Waals surface area contributed by atoms with Gasteiger partial charge in [-0.2, -0.15) is 0 Å². The Morgan fingerprint density at radius 1 is 0.971 bits per heavy atom. The van der Waals surface area contributed by atoms with Crippen LogP contribution in [0.2, 0.25) is 0 Å². The van der Waals surface area contributed by atoms with E-state index in [0.717, 1.165) is 67.7 Å². The molecule has 1 saturated heterocycles. The minimum atomic E-state index is 0. The van der Waals surface area contributed by atoms with E-state index in [9.17, 15) is 0 Å². The Balaban J connectivity index is 0.00000274. The van der Waals surface area contributed by atoms with E-state index < -0.39 is 0 Å². The molecule has 2 N–H and O–H groups in total. The van der Waals surface area contributed by atoms with Gasteiger partial charge in [-0.15, -0.1) is 12.4 Å². The molecule has 1 unspecified atom stereocenters. The lowest BCUT2D eigenvalue weighted by Crippen LogP contribution is -2.45. The molecular weight excluding hydrogens is 448 g/mol. The Morgan fingerprint density at radius 3 is 2.53 bits per heavy atom. The largest absolute Gasteiger partial charge is 0.351 e. The Morgan fingerprint density at radius 2 is 1.76 bits per heavy atom. The molecule has 0 amide bonds. The number of hydrogen-bond acceptors (Lipinski definition) is 7. The summed E-state index contributed by atoms with van der Waals surface area (Å²) in [6.07, 6.45) is 9.18. The van der Waals surface area contributed by atoms with E-state index in [1.807, 2.05) is 36.9 Å². The van der Waals surface area contributed by atoms with Crippen molar-refractivity contribution >= 4 is 23.9 Å². The van der Waals surface area contributed by atoms with Gasteiger partial charge in [-0.3, -0.25) is 4.40 Å². The number of anilines is 1. The molecule has 1 aliphatic rings. The Kier molecular flexibility index (Phi) is 7.72. The number of hydrogen-bond donors (Lipinski definition) is 1. The lowest BCUT2D eigenvalue weighted by molar-refractivity contribution is 0.312. The lowest BCUT2D eigenvalue weighted by atomic mass is 9.92. The van der Waals surface area contributed by atoms with E-state index in [2.05, 4.69) is 55.5 Å². The van der Waals surface area contributed by atoms with Gasteiger partial charge in [-0.05, 0) is 37.6 Å². The van der Waals surface area contributed by atoms with Gasteiger partial charge < -0.3 is 15.5 Å². The maximum absolute atomic E-state index is 5.91. The van der Waals surface area contributed by atoms with Crippen LogP contribution in [0.4, 0.5) is 5.82 Å². The van der Waals surface area contributed by atoms with Gasteiger partial charge in [-0.25, -0.2) is 19.9 Å². The van der Waals surface area contributed by atoms with Crippen molar-refractivity contribution in [2.45, 2.75) is 18.8 Å². The third-order valence-corrected chi connectivity index (χ3v) is 6.40. The molecule has 0 aliphatic carbocycles. The lowest BCUT2D eigenvalue weighted by Gasteiger charge is -2.33. The standard InChI is InChI=1S/C25H30N8.ClH/c1-31-13-15-32(16-14-31)24-25-29-18-22(33(25)12-11-28-24)21-8-10-27-23(30-21)17-20(7-9-26)19-5-3-2-4-6-19;/h2-6,8,10-12,18,20H,7,9,13-17,26H2,1H3;1H. The Hall–Kier alpha value is -3.07. The highest BCUT2D eigenvalue weighted by atomic mass is 35.5. The highest BCUT2D eigenvalue weighted by Gasteiger charge is 2.20. The van der Waals surface area contributed by atoms with Gasteiger partial charge in [0.25, 0.3) is 0 Å². The van der Waals surface area contributed by atoms with Crippen LogP contribution in [0.1, 0.15) is 23.7 Å². The number of likely N-dealkylation sites (N-methyl/N-ethyl adjacent to an activating group) is 1. The van der Waals surface area contributed by atoms with Crippen LogP contribution in [0, 0.1) is 0 Å². The first-order valence-corrected chi connectivity index (χ1v) is 11.6. The third kappa shape index (κ3) is 5.04. The molecule has 0 bridgehead atoms. The summed E-state index contributed by atoms with van der Waals surface area (Å²) in [5, 5.41) is 0. The minimum Gasteiger partial charge on any atom is -0.351 e. The first-order chi connectivity index (χ1) is 16.2. The molecule has 1 fully saturated rings. The topological polar surface area (TPSA) is 88.5 Å². The quantitative estimate of drug-likeness (QED) is 0.436. The fourth-order valence-corrected chi connectivity index (χ4v) is 4.51. The van der Waals surface area contributed by atoms with Crippen molar-refractivity contribution in [2.75, 3.05) is 44.7 Å². The minimum absolute atomic E-state index is 0. The maximum Gasteiger partial charge on any atom is 0.180 e. The molecule has 4 heterocycles. The summed E-state index contributed by atoms with van der Waals surface area (Å²) in [6, 6.07) is 12.4. The second-order valence-corrected chi connectivity index (χ2v) is 8.63. The van der Waals surface area contributed by atoms with Gasteiger partial charge in [-0.1, -0.05) is 30.3 Å². The van der Waals surface area contributed by atoms with Crippen molar-refractivity contribution in [1.82, 2.24) is 29.2 Å². The molecule has 4 aromatic rings. The van der Waals surface area contributed by atoms with Crippen molar-refractivity contribution < 1.29 is 0 Å². The summed E-state index contributed by atoms with van der Waals surface area (Å²) in [5.41, 5.74) is 9.85. The second-order valence-electron chi connectivity index (χ2n) is 8.63. The van der Waals surface area contributed by atoms with E-state index in [0.29, 0.717) is 12.5 Å². The molecule has 178 valence electrons. The summed E-state index contributed by atoms with van der Waals surface area (Å²) in [7, 11) is 2.15. The fourth-order valence-electron chi connectivity index (χ4n) is 4.51. The molecule has 9 heteroatoms. The first kappa shape index (κ1) is 24.1. The zero-order chi connectivity index (χ0) is 22.6. The SMILES string of the molecule is CN1CCN(c2nccn3c(-c4ccnc(CC(CCN)c5ccccc5)n4)cnc23)CC1.Cl. The second kappa shape index (κ2) is 10.9. The predicted octanol–water partition coefficient (Wildman–Crippen LogP) is 3.04. The molecule has 0 radical (unpaired) electrons. The van der Waals surface area contributed by atoms with Crippen LogP contribution in [0.5, 0.6) is 0 Å². The highest BCUT2D eigenvalue weighted by molar-refractivity contribution is 5.85. The van der Waals surface area contributed by atoms with Crippen LogP contribution in [-0.4, -0.2) is 69.0 Å². The van der Waals surface area contributed by atoms with Gasteiger partial charge >= 0.3 is 0 Å². The van der Waals surface area contributed by atoms with Gasteiger partial charge in [0.15, 0.2) is 11.5 Å². The normalized spacial score (nSPS) is 15.3. The van der Waals surface area contributed by atoms with Crippen LogP contribution in [0.3, 0.4) is 0 Å². The summed E-state index contributed by atoms with van der Waals surface area (Å²) < 4.78 is 2.08. The van der Waals surface area contributed by atoms with Crippen LogP contribution in [-0.2, 0) is 6.42 Å². The van der Waals surface area contributed by atoms with E-state index in [4.69, 9.17) is 15.7 Å². The molecule has 1 aromatic carbocycles. The van der Waals surface area contributed by atoms with Crippen molar-refractivity contribution in [3.63, 3.8) is 0 Å². The average molecular weight is 479 g/mol. The molecule has 1 aliphatic heterocycles. The summed E-state index contributed by atoms with van der Waals surface area (Å²) in [5.74, 6) is 2.04. The third-order valence-electron chi connectivity index (χ3n) is 6.40. The van der Waals surface area contributed by atoms with Gasteiger partial charge in [0.05, 0.1) is 17.6 Å². The molecule has 3 aromatic heterocycles. The molecule has 1 atom stereocenters. The zero-order valence-corrected chi connectivity index (χ0v) is 20.2. The molecule has 0 spiro atoms. The van der Waals surface area contributed by atoms with Crippen molar-refractivity contribution in [2.24, 2.45) is 5.73 Å². The van der Waals surface area contributed by atoms with Crippen LogP contribution < -0.4 is 10.6 Å². The molecule has 34 heavy (non-hydrogen) atoms. The number of fused-ring (bicyclic) bond motifs is 1. The first-order valence-electron chi connectivity index (χ1n) is 11.6. The van der Waals surface area contributed by atoms with Crippen molar-refractivity contribution in [3.8, 4) is 11.4 Å². The number of benzene rings is 1. The van der Waals surface area contributed by atoms with Gasteiger partial charge in [0.1, 0.15) is 5.82 Å². The Bertz CT molecular complexity index is 1200. The van der Waals surface area contributed by atoms with Crippen LogP contribution in [0.15, 0.2) is 61.2 Å². The monoisotopic (exact) mass is 478 g/mol. The Labute approximate surface area is 206 Å². The van der Waals surface area contributed by atoms with Crippen LogP contribution >= 0.6 is 12.4 Å². The van der Waals surface area contributed by atoms with E-state index in [1.54, 1.807) is 0 Å². The number of rotatable bonds is 7. The summed E-state index contributed by atoms with van der Waals surface area (Å²) >= 11 is 0. The molecule has 0 saturated carbocycles. The van der Waals surface area contributed by atoms with E-state index in [-0.39, 0.29) is 12.4 Å². The number of piperazine rings is 1. The zero-order valence-electron chi connectivity index (χ0n) is 19.4. The predicted molar refractivity (Wildman–Crippen MR) is 138 cm³/mol. The molecular formula is C25H31ClN8. The summed E-state index contributed by atoms with van der Waals surface area (Å²) in [4.78, 5) is 23.5. The smallest absolute Gasteiger partial charge is 0.180 e. The number of imidazole rings is 1. The number of nitrogens with zero attached hydrogens (tertiary/aromatic N) is 7. The van der Waals surface area contributed by atoms with Crippen LogP contribution in [0.25, 0.3) is 17.0 Å². The number of aromatic nitrogens is 5. The summed E-state index contributed by atoms with van der Waals surface area (Å²) in [6.45, 7) is 4.58. The van der Waals surface area contributed by atoms with E-state index >= 15 is 0 Å². The van der Waals surface area contributed by atoms with Crippen molar-refractivity contribution in [1.29, 1.82) is 0 Å². The van der Waals surface area contributed by atoms with Gasteiger partial charge in [0.2, 0.25) is 0 Å².